The van der Waals surface area contributed by atoms with Gasteiger partial charge in [-0.05, 0) is 36.8 Å². The number of carbonyl (C=O) groups excluding carboxylic acids is 1. The van der Waals surface area contributed by atoms with Crippen LogP contribution >= 0.6 is 11.3 Å². The number of rotatable bonds is 6. The van der Waals surface area contributed by atoms with E-state index in [1.165, 1.54) is 36.6 Å². The molecule has 0 fully saturated rings. The summed E-state index contributed by atoms with van der Waals surface area (Å²) in [7, 11) is 1.52. The second-order valence-electron chi connectivity index (χ2n) is 5.90. The molecule has 0 N–H and O–H groups in total. The number of benzene rings is 2. The van der Waals surface area contributed by atoms with Crippen LogP contribution in [0.15, 0.2) is 42.5 Å². The number of amides is 1. The summed E-state index contributed by atoms with van der Waals surface area (Å²) in [6.45, 7) is 2.76. The molecule has 136 valence electrons. The molecule has 0 unspecified atom stereocenters. The van der Waals surface area contributed by atoms with Crippen LogP contribution in [0.25, 0.3) is 10.1 Å². The van der Waals surface area contributed by atoms with Crippen molar-refractivity contribution in [1.29, 1.82) is 0 Å². The van der Waals surface area contributed by atoms with Gasteiger partial charge in [-0.1, -0.05) is 18.2 Å². The van der Waals surface area contributed by atoms with Crippen LogP contribution in [0.4, 0.5) is 8.78 Å². The molecule has 2 aromatic carbocycles. The van der Waals surface area contributed by atoms with Crippen molar-refractivity contribution in [2.45, 2.75) is 20.1 Å². The second-order valence-corrected chi connectivity index (χ2v) is 6.96. The predicted molar refractivity (Wildman–Crippen MR) is 99.3 cm³/mol. The molecule has 0 saturated carbocycles. The first-order valence-electron chi connectivity index (χ1n) is 8.27. The maximum atomic E-state index is 14.3. The van der Waals surface area contributed by atoms with Gasteiger partial charge in [0, 0.05) is 35.8 Å². The Labute approximate surface area is 154 Å². The van der Waals surface area contributed by atoms with Gasteiger partial charge in [0.1, 0.15) is 11.6 Å². The van der Waals surface area contributed by atoms with Crippen molar-refractivity contribution >= 4 is 27.3 Å². The minimum Gasteiger partial charge on any atom is -0.380 e. The molecule has 0 aliphatic rings. The topological polar surface area (TPSA) is 29.5 Å². The lowest BCUT2D eigenvalue weighted by Gasteiger charge is -2.21. The van der Waals surface area contributed by atoms with Crippen molar-refractivity contribution in [1.82, 2.24) is 4.90 Å². The minimum atomic E-state index is -0.363. The second kappa shape index (κ2) is 7.93. The molecule has 1 amide bonds. The van der Waals surface area contributed by atoms with E-state index in [0.29, 0.717) is 32.6 Å². The number of hydrogen-bond donors (Lipinski definition) is 0. The number of fused-ring (bicyclic) bond motifs is 1. The molecule has 3 nitrogen and oxygen atoms in total. The Balaban J connectivity index is 1.99. The number of ether oxygens (including phenoxy) is 1. The molecular formula is C20H19F2NO2S. The SMILES string of the molecule is CCN(Cc1cccc(F)c1)C(=O)c1sc2cccc(F)c2c1COC. The third-order valence-corrected chi connectivity index (χ3v) is 5.36. The molecule has 6 heteroatoms. The fraction of sp³-hybridized carbons (Fsp3) is 0.250. The highest BCUT2D eigenvalue weighted by molar-refractivity contribution is 7.21. The number of carbonyl (C=O) groups is 1. The van der Waals surface area contributed by atoms with Crippen LogP contribution in [0, 0.1) is 11.6 Å². The zero-order valence-electron chi connectivity index (χ0n) is 14.6. The molecule has 0 atom stereocenters. The van der Waals surface area contributed by atoms with Gasteiger partial charge < -0.3 is 9.64 Å². The number of thiophene rings is 1. The van der Waals surface area contributed by atoms with E-state index in [9.17, 15) is 13.6 Å². The molecule has 0 spiro atoms. The zero-order chi connectivity index (χ0) is 18.7. The quantitative estimate of drug-likeness (QED) is 0.608. The van der Waals surface area contributed by atoms with Crippen molar-refractivity contribution in [2.24, 2.45) is 0 Å². The molecule has 0 aliphatic carbocycles. The number of hydrogen-bond acceptors (Lipinski definition) is 3. The van der Waals surface area contributed by atoms with Crippen LogP contribution in [0.2, 0.25) is 0 Å². The summed E-state index contributed by atoms with van der Waals surface area (Å²) in [6, 6.07) is 11.0. The van der Waals surface area contributed by atoms with Crippen molar-refractivity contribution in [3.8, 4) is 0 Å². The van der Waals surface area contributed by atoms with Crippen molar-refractivity contribution < 1.29 is 18.3 Å². The Morgan fingerprint density at radius 1 is 1.19 bits per heavy atom. The summed E-state index contributed by atoms with van der Waals surface area (Å²) in [5.74, 6) is -0.905. The van der Waals surface area contributed by atoms with Crippen LogP contribution in [0.5, 0.6) is 0 Å². The van der Waals surface area contributed by atoms with E-state index >= 15 is 0 Å². The van der Waals surface area contributed by atoms with Crippen molar-refractivity contribution in [3.63, 3.8) is 0 Å². The lowest BCUT2D eigenvalue weighted by atomic mass is 10.1. The van der Waals surface area contributed by atoms with E-state index < -0.39 is 0 Å². The summed E-state index contributed by atoms with van der Waals surface area (Å²) in [6.07, 6.45) is 0. The van der Waals surface area contributed by atoms with Gasteiger partial charge in [-0.15, -0.1) is 11.3 Å². The largest absolute Gasteiger partial charge is 0.380 e. The van der Waals surface area contributed by atoms with Gasteiger partial charge in [-0.2, -0.15) is 0 Å². The Kier molecular flexibility index (Phi) is 5.64. The maximum absolute atomic E-state index is 14.3. The van der Waals surface area contributed by atoms with Gasteiger partial charge in [0.15, 0.2) is 0 Å². The number of methoxy groups -OCH3 is 1. The molecule has 3 aromatic rings. The maximum Gasteiger partial charge on any atom is 0.264 e. The van der Waals surface area contributed by atoms with Gasteiger partial charge in [0.05, 0.1) is 11.5 Å². The van der Waals surface area contributed by atoms with E-state index in [-0.39, 0.29) is 30.7 Å². The normalized spacial score (nSPS) is 11.1. The van der Waals surface area contributed by atoms with Gasteiger partial charge in [0.25, 0.3) is 5.91 Å². The molecule has 0 aliphatic heterocycles. The standard InChI is InChI=1S/C20H19F2NO2S/c1-3-23(11-13-6-4-7-14(21)10-13)20(24)19-15(12-25-2)18-16(22)8-5-9-17(18)26-19/h4-10H,3,11-12H2,1-2H3. The average Bonchev–Trinajstić information content (AvgIpc) is 2.99. The summed E-state index contributed by atoms with van der Waals surface area (Å²) >= 11 is 1.26. The molecule has 0 radical (unpaired) electrons. The monoisotopic (exact) mass is 375 g/mol. The molecule has 3 rings (SSSR count). The van der Waals surface area contributed by atoms with Gasteiger partial charge >= 0.3 is 0 Å². The molecule has 1 heterocycles. The number of nitrogens with zero attached hydrogens (tertiary/aromatic N) is 1. The summed E-state index contributed by atoms with van der Waals surface area (Å²) < 4.78 is 33.7. The van der Waals surface area contributed by atoms with E-state index in [1.54, 1.807) is 29.2 Å². The first kappa shape index (κ1) is 18.5. The van der Waals surface area contributed by atoms with Gasteiger partial charge in [-0.25, -0.2) is 8.78 Å². The van der Waals surface area contributed by atoms with Crippen LogP contribution in [-0.4, -0.2) is 24.5 Å². The fourth-order valence-electron chi connectivity index (χ4n) is 2.95. The highest BCUT2D eigenvalue weighted by atomic mass is 32.1. The average molecular weight is 375 g/mol. The van der Waals surface area contributed by atoms with E-state index in [2.05, 4.69) is 0 Å². The van der Waals surface area contributed by atoms with Crippen molar-refractivity contribution in [2.75, 3.05) is 13.7 Å². The van der Waals surface area contributed by atoms with Crippen LogP contribution in [-0.2, 0) is 17.9 Å². The third kappa shape index (κ3) is 3.61. The molecular weight excluding hydrogens is 356 g/mol. The summed E-state index contributed by atoms with van der Waals surface area (Å²) in [4.78, 5) is 15.2. The Hall–Kier alpha value is -2.31. The van der Waals surface area contributed by atoms with Crippen molar-refractivity contribution in [3.05, 3.63) is 70.1 Å². The Bertz CT molecular complexity index is 939. The first-order chi connectivity index (χ1) is 12.5. The van der Waals surface area contributed by atoms with Gasteiger partial charge in [-0.3, -0.25) is 4.79 Å². The predicted octanol–water partition coefficient (Wildman–Crippen LogP) is 4.99. The Morgan fingerprint density at radius 3 is 2.65 bits per heavy atom. The van der Waals surface area contributed by atoms with Crippen LogP contribution in [0.3, 0.4) is 0 Å². The Morgan fingerprint density at radius 2 is 1.96 bits per heavy atom. The molecule has 1 aromatic heterocycles. The summed E-state index contributed by atoms with van der Waals surface area (Å²) in [5, 5.41) is 0.435. The zero-order valence-corrected chi connectivity index (χ0v) is 15.4. The fourth-order valence-corrected chi connectivity index (χ4v) is 4.14. The summed E-state index contributed by atoms with van der Waals surface area (Å²) in [5.41, 5.74) is 1.27. The third-order valence-electron chi connectivity index (χ3n) is 4.18. The van der Waals surface area contributed by atoms with Crippen LogP contribution in [0.1, 0.15) is 27.7 Å². The molecule has 26 heavy (non-hydrogen) atoms. The van der Waals surface area contributed by atoms with Gasteiger partial charge in [0.2, 0.25) is 0 Å². The molecule has 0 saturated heterocycles. The molecule has 0 bridgehead atoms. The highest BCUT2D eigenvalue weighted by Crippen LogP contribution is 2.34. The lowest BCUT2D eigenvalue weighted by Crippen LogP contribution is -2.30. The minimum absolute atomic E-state index is 0.152. The first-order valence-corrected chi connectivity index (χ1v) is 9.09. The van der Waals surface area contributed by atoms with E-state index in [4.69, 9.17) is 4.74 Å². The van der Waals surface area contributed by atoms with E-state index in [0.717, 1.165) is 0 Å². The van der Waals surface area contributed by atoms with E-state index in [1.807, 2.05) is 6.92 Å². The number of halogens is 2. The smallest absolute Gasteiger partial charge is 0.264 e. The van der Waals surface area contributed by atoms with Crippen LogP contribution < -0.4 is 0 Å². The highest BCUT2D eigenvalue weighted by Gasteiger charge is 2.24. The lowest BCUT2D eigenvalue weighted by molar-refractivity contribution is 0.0753.